The molecule has 0 bridgehead atoms. The molecule has 17 heavy (non-hydrogen) atoms. The molecule has 0 radical (unpaired) electrons. The summed E-state index contributed by atoms with van der Waals surface area (Å²) < 4.78 is 5.23. The van der Waals surface area contributed by atoms with Crippen molar-refractivity contribution >= 4 is 5.91 Å². The van der Waals surface area contributed by atoms with Crippen LogP contribution in [0.3, 0.4) is 0 Å². The Bertz CT molecular complexity index is 352. The highest BCUT2D eigenvalue weighted by molar-refractivity contribution is 5.82. The highest BCUT2D eigenvalue weighted by atomic mass is 16.3. The Hall–Kier alpha value is -1.29. The van der Waals surface area contributed by atoms with Gasteiger partial charge in [0.25, 0.3) is 0 Å². The molecule has 4 nitrogen and oxygen atoms in total. The molecule has 2 atom stereocenters. The minimum absolute atomic E-state index is 0.0158. The lowest BCUT2D eigenvalue weighted by molar-refractivity contribution is -0.125. The first kappa shape index (κ1) is 13.8. The monoisotopic (exact) mass is 238 g/mol. The third kappa shape index (κ3) is 4.23. The van der Waals surface area contributed by atoms with Crippen LogP contribution in [0, 0.1) is 5.41 Å². The number of furan rings is 1. The van der Waals surface area contributed by atoms with E-state index in [1.54, 1.807) is 6.26 Å². The summed E-state index contributed by atoms with van der Waals surface area (Å²) in [5.41, 5.74) is 5.65. The van der Waals surface area contributed by atoms with Crippen LogP contribution in [0.4, 0.5) is 0 Å². The van der Waals surface area contributed by atoms with Crippen LogP contribution in [0.15, 0.2) is 22.8 Å². The summed E-state index contributed by atoms with van der Waals surface area (Å²) in [6, 6.07) is 3.25. The summed E-state index contributed by atoms with van der Waals surface area (Å²) in [6.07, 6.45) is 2.31. The van der Waals surface area contributed by atoms with E-state index in [2.05, 4.69) is 5.32 Å². The second-order valence-corrected chi connectivity index (χ2v) is 5.54. The van der Waals surface area contributed by atoms with Gasteiger partial charge in [0.2, 0.25) is 5.91 Å². The zero-order chi connectivity index (χ0) is 13.1. The van der Waals surface area contributed by atoms with E-state index in [4.69, 9.17) is 10.2 Å². The van der Waals surface area contributed by atoms with Gasteiger partial charge < -0.3 is 15.5 Å². The fourth-order valence-corrected chi connectivity index (χ4v) is 1.51. The van der Waals surface area contributed by atoms with E-state index in [-0.39, 0.29) is 17.4 Å². The molecule has 0 aliphatic rings. The number of carbonyl (C=O) groups is 1. The molecule has 0 aromatic carbocycles. The van der Waals surface area contributed by atoms with Crippen LogP contribution in [0.25, 0.3) is 0 Å². The third-order valence-electron chi connectivity index (χ3n) is 2.69. The van der Waals surface area contributed by atoms with Crippen molar-refractivity contribution in [3.8, 4) is 0 Å². The molecule has 1 rings (SSSR count). The Morgan fingerprint density at radius 2 is 2.18 bits per heavy atom. The molecule has 4 heteroatoms. The molecule has 1 aromatic rings. The smallest absolute Gasteiger partial charge is 0.237 e. The predicted octanol–water partition coefficient (Wildman–Crippen LogP) is 1.70. The quantitative estimate of drug-likeness (QED) is 0.839. The number of nitrogens with one attached hydrogen (secondary N) is 1. The number of hydrogen-bond donors (Lipinski definition) is 2. The van der Waals surface area contributed by atoms with Crippen molar-refractivity contribution in [2.75, 3.05) is 0 Å². The Labute approximate surface area is 103 Å². The molecule has 1 aromatic heterocycles. The maximum Gasteiger partial charge on any atom is 0.237 e. The molecule has 1 heterocycles. The van der Waals surface area contributed by atoms with Crippen LogP contribution >= 0.6 is 0 Å². The molecule has 0 saturated carbocycles. The first-order valence-corrected chi connectivity index (χ1v) is 5.89. The standard InChI is InChI=1S/C13H22N2O2/c1-9(8-10-6-5-7-17-10)15-12(16)11(14)13(2,3)4/h5-7,9,11H,8,14H2,1-4H3,(H,15,16)/t9?,11-/m1/s1. The number of nitrogens with two attached hydrogens (primary N) is 1. The topological polar surface area (TPSA) is 68.3 Å². The maximum absolute atomic E-state index is 11.9. The highest BCUT2D eigenvalue weighted by Crippen LogP contribution is 2.17. The van der Waals surface area contributed by atoms with Crippen LogP contribution in [0.1, 0.15) is 33.5 Å². The van der Waals surface area contributed by atoms with Gasteiger partial charge in [-0.2, -0.15) is 0 Å². The molecular formula is C13H22N2O2. The average molecular weight is 238 g/mol. The van der Waals surface area contributed by atoms with Crippen LogP contribution in [-0.2, 0) is 11.2 Å². The minimum atomic E-state index is -0.499. The zero-order valence-electron chi connectivity index (χ0n) is 11.0. The predicted molar refractivity (Wildman–Crippen MR) is 67.4 cm³/mol. The Morgan fingerprint density at radius 1 is 1.53 bits per heavy atom. The largest absolute Gasteiger partial charge is 0.469 e. The van der Waals surface area contributed by atoms with Gasteiger partial charge in [0, 0.05) is 12.5 Å². The third-order valence-corrected chi connectivity index (χ3v) is 2.69. The van der Waals surface area contributed by atoms with Crippen molar-refractivity contribution in [3.63, 3.8) is 0 Å². The molecule has 0 fully saturated rings. The van der Waals surface area contributed by atoms with Gasteiger partial charge in [-0.15, -0.1) is 0 Å². The Morgan fingerprint density at radius 3 is 2.65 bits per heavy atom. The second kappa shape index (κ2) is 5.36. The SMILES string of the molecule is CC(Cc1ccco1)NC(=O)[C@@H](N)C(C)(C)C. The highest BCUT2D eigenvalue weighted by Gasteiger charge is 2.28. The summed E-state index contributed by atoms with van der Waals surface area (Å²) in [4.78, 5) is 11.9. The minimum Gasteiger partial charge on any atom is -0.469 e. The fourth-order valence-electron chi connectivity index (χ4n) is 1.51. The molecule has 0 aliphatic carbocycles. The number of carbonyl (C=O) groups excluding carboxylic acids is 1. The second-order valence-electron chi connectivity index (χ2n) is 5.54. The van der Waals surface area contributed by atoms with E-state index < -0.39 is 6.04 Å². The van der Waals surface area contributed by atoms with Crippen molar-refractivity contribution in [1.29, 1.82) is 0 Å². The summed E-state index contributed by atoms with van der Waals surface area (Å²) in [7, 11) is 0. The molecular weight excluding hydrogens is 216 g/mol. The summed E-state index contributed by atoms with van der Waals surface area (Å²) in [5.74, 6) is 0.749. The molecule has 96 valence electrons. The Balaban J connectivity index is 2.46. The molecule has 1 amide bonds. The summed E-state index contributed by atoms with van der Waals surface area (Å²) in [5, 5.41) is 2.90. The molecule has 0 spiro atoms. The Kier molecular flexibility index (Phi) is 4.34. The van der Waals surface area contributed by atoms with Gasteiger partial charge >= 0.3 is 0 Å². The van der Waals surface area contributed by atoms with Gasteiger partial charge in [0.15, 0.2) is 0 Å². The zero-order valence-corrected chi connectivity index (χ0v) is 11.0. The lowest BCUT2D eigenvalue weighted by Gasteiger charge is -2.27. The van der Waals surface area contributed by atoms with Crippen molar-refractivity contribution in [3.05, 3.63) is 24.2 Å². The lowest BCUT2D eigenvalue weighted by Crippen LogP contribution is -2.51. The van der Waals surface area contributed by atoms with Crippen molar-refractivity contribution in [2.45, 2.75) is 46.2 Å². The van der Waals surface area contributed by atoms with Crippen molar-refractivity contribution in [1.82, 2.24) is 5.32 Å². The van der Waals surface area contributed by atoms with Crippen LogP contribution in [-0.4, -0.2) is 18.0 Å². The summed E-state index contributed by atoms with van der Waals surface area (Å²) >= 11 is 0. The van der Waals surface area contributed by atoms with E-state index in [0.29, 0.717) is 6.42 Å². The molecule has 1 unspecified atom stereocenters. The number of rotatable bonds is 4. The number of amides is 1. The van der Waals surface area contributed by atoms with Crippen molar-refractivity contribution in [2.24, 2.45) is 11.1 Å². The number of hydrogen-bond acceptors (Lipinski definition) is 3. The van der Waals surface area contributed by atoms with E-state index >= 15 is 0 Å². The van der Waals surface area contributed by atoms with E-state index in [1.165, 1.54) is 0 Å². The maximum atomic E-state index is 11.9. The van der Waals surface area contributed by atoms with Crippen LogP contribution in [0.2, 0.25) is 0 Å². The fraction of sp³-hybridized carbons (Fsp3) is 0.615. The molecule has 0 saturated heterocycles. The van der Waals surface area contributed by atoms with Gasteiger partial charge in [-0.05, 0) is 24.5 Å². The normalized spacial score (nSPS) is 15.4. The van der Waals surface area contributed by atoms with Crippen LogP contribution in [0.5, 0.6) is 0 Å². The first-order valence-electron chi connectivity index (χ1n) is 5.89. The van der Waals surface area contributed by atoms with Gasteiger partial charge in [0.05, 0.1) is 12.3 Å². The molecule has 0 aliphatic heterocycles. The van der Waals surface area contributed by atoms with Gasteiger partial charge in [-0.25, -0.2) is 0 Å². The average Bonchev–Trinajstić information content (AvgIpc) is 2.67. The van der Waals surface area contributed by atoms with Crippen LogP contribution < -0.4 is 11.1 Å². The van der Waals surface area contributed by atoms with E-state index in [9.17, 15) is 4.79 Å². The van der Waals surface area contributed by atoms with E-state index in [0.717, 1.165) is 5.76 Å². The van der Waals surface area contributed by atoms with Gasteiger partial charge in [0.1, 0.15) is 5.76 Å². The van der Waals surface area contributed by atoms with E-state index in [1.807, 2.05) is 39.8 Å². The van der Waals surface area contributed by atoms with Gasteiger partial charge in [-0.3, -0.25) is 4.79 Å². The first-order chi connectivity index (χ1) is 7.80. The van der Waals surface area contributed by atoms with Crippen molar-refractivity contribution < 1.29 is 9.21 Å². The van der Waals surface area contributed by atoms with Gasteiger partial charge in [-0.1, -0.05) is 20.8 Å². The summed E-state index contributed by atoms with van der Waals surface area (Å²) in [6.45, 7) is 7.80. The molecule has 3 N–H and O–H groups in total. The lowest BCUT2D eigenvalue weighted by atomic mass is 9.87.